The molecule has 3 heteroatoms. The molecule has 60 valence electrons. The molecule has 0 atom stereocenters. The maximum Gasteiger partial charge on any atom is 0.107 e. The highest BCUT2D eigenvalue weighted by atomic mass is 32.2. The van der Waals surface area contributed by atoms with Gasteiger partial charge in [0.1, 0.15) is 5.04 Å². The van der Waals surface area contributed by atoms with Gasteiger partial charge >= 0.3 is 0 Å². The van der Waals surface area contributed by atoms with Gasteiger partial charge in [-0.1, -0.05) is 13.0 Å². The SMILES string of the molecule is CCSC(=NC)c1cccs1. The average Bonchev–Trinajstić information content (AvgIpc) is 2.52. The molecule has 0 aliphatic carbocycles. The maximum absolute atomic E-state index is 4.21. The zero-order chi connectivity index (χ0) is 8.10. The van der Waals surface area contributed by atoms with Crippen LogP contribution in [0.3, 0.4) is 0 Å². The van der Waals surface area contributed by atoms with Crippen LogP contribution in [0.15, 0.2) is 22.5 Å². The smallest absolute Gasteiger partial charge is 0.107 e. The standard InChI is InChI=1S/C8H11NS2/c1-3-10-8(9-2)7-5-4-6-11-7/h4-6H,3H2,1-2H3. The molecule has 0 saturated carbocycles. The largest absolute Gasteiger partial charge is 0.280 e. The molecule has 0 aliphatic heterocycles. The Balaban J connectivity index is 2.72. The number of thioether (sulfide) groups is 1. The van der Waals surface area contributed by atoms with E-state index in [2.05, 4.69) is 29.4 Å². The third kappa shape index (κ3) is 2.34. The van der Waals surface area contributed by atoms with Crippen molar-refractivity contribution >= 4 is 28.1 Å². The Kier molecular flexibility index (Phi) is 3.66. The van der Waals surface area contributed by atoms with Gasteiger partial charge in [0.2, 0.25) is 0 Å². The van der Waals surface area contributed by atoms with Crippen molar-refractivity contribution in [3.63, 3.8) is 0 Å². The van der Waals surface area contributed by atoms with Crippen molar-refractivity contribution in [1.29, 1.82) is 0 Å². The fourth-order valence-corrected chi connectivity index (χ4v) is 2.37. The summed E-state index contributed by atoms with van der Waals surface area (Å²) in [7, 11) is 1.84. The summed E-state index contributed by atoms with van der Waals surface area (Å²) in [6.45, 7) is 2.14. The van der Waals surface area contributed by atoms with E-state index in [1.54, 1.807) is 23.1 Å². The van der Waals surface area contributed by atoms with Crippen molar-refractivity contribution in [2.45, 2.75) is 6.92 Å². The molecule has 1 heterocycles. The molecule has 0 bridgehead atoms. The Morgan fingerprint density at radius 2 is 2.55 bits per heavy atom. The van der Waals surface area contributed by atoms with Crippen LogP contribution >= 0.6 is 23.1 Å². The monoisotopic (exact) mass is 185 g/mol. The van der Waals surface area contributed by atoms with E-state index in [0.29, 0.717) is 0 Å². The van der Waals surface area contributed by atoms with E-state index in [-0.39, 0.29) is 0 Å². The Bertz CT molecular complexity index is 226. The van der Waals surface area contributed by atoms with Crippen LogP contribution in [0.2, 0.25) is 0 Å². The summed E-state index contributed by atoms with van der Waals surface area (Å²) in [5.41, 5.74) is 0. The minimum Gasteiger partial charge on any atom is -0.280 e. The molecule has 0 amide bonds. The van der Waals surface area contributed by atoms with Gasteiger partial charge in [-0.05, 0) is 17.2 Å². The normalized spacial score (nSPS) is 12.0. The van der Waals surface area contributed by atoms with E-state index in [1.807, 2.05) is 7.05 Å². The molecular weight excluding hydrogens is 174 g/mol. The molecule has 0 N–H and O–H groups in total. The van der Waals surface area contributed by atoms with Gasteiger partial charge in [-0.15, -0.1) is 23.1 Å². The summed E-state index contributed by atoms with van der Waals surface area (Å²) in [6.07, 6.45) is 0. The molecule has 0 radical (unpaired) electrons. The molecule has 11 heavy (non-hydrogen) atoms. The number of aliphatic imine (C=N–C) groups is 1. The maximum atomic E-state index is 4.21. The predicted molar refractivity (Wildman–Crippen MR) is 54.9 cm³/mol. The summed E-state index contributed by atoms with van der Waals surface area (Å²) in [6, 6.07) is 4.16. The molecule has 0 fully saturated rings. The van der Waals surface area contributed by atoms with Crippen molar-refractivity contribution in [2.75, 3.05) is 12.8 Å². The summed E-state index contributed by atoms with van der Waals surface area (Å²) in [4.78, 5) is 5.49. The molecule has 1 rings (SSSR count). The van der Waals surface area contributed by atoms with Gasteiger partial charge in [0.25, 0.3) is 0 Å². The third-order valence-corrected chi connectivity index (χ3v) is 3.19. The van der Waals surface area contributed by atoms with Crippen molar-refractivity contribution in [1.82, 2.24) is 0 Å². The summed E-state index contributed by atoms with van der Waals surface area (Å²) in [5.74, 6) is 1.09. The lowest BCUT2D eigenvalue weighted by atomic mass is 10.5. The van der Waals surface area contributed by atoms with Crippen LogP contribution in [-0.4, -0.2) is 17.8 Å². The van der Waals surface area contributed by atoms with Crippen LogP contribution in [0.4, 0.5) is 0 Å². The number of rotatable bonds is 2. The summed E-state index contributed by atoms with van der Waals surface area (Å²) >= 11 is 3.54. The van der Waals surface area contributed by atoms with Crippen molar-refractivity contribution in [3.8, 4) is 0 Å². The van der Waals surface area contributed by atoms with Crippen LogP contribution in [-0.2, 0) is 0 Å². The lowest BCUT2D eigenvalue weighted by molar-refractivity contribution is 1.46. The average molecular weight is 185 g/mol. The van der Waals surface area contributed by atoms with Gasteiger partial charge in [-0.25, -0.2) is 0 Å². The summed E-state index contributed by atoms with van der Waals surface area (Å²) in [5, 5.41) is 3.24. The number of hydrogen-bond donors (Lipinski definition) is 0. The van der Waals surface area contributed by atoms with Gasteiger partial charge < -0.3 is 0 Å². The van der Waals surface area contributed by atoms with E-state index in [4.69, 9.17) is 0 Å². The van der Waals surface area contributed by atoms with Crippen molar-refractivity contribution in [3.05, 3.63) is 22.4 Å². The molecule has 0 spiro atoms. The highest BCUT2D eigenvalue weighted by Crippen LogP contribution is 2.17. The number of nitrogens with zero attached hydrogens (tertiary/aromatic N) is 1. The minimum absolute atomic E-state index is 1.09. The van der Waals surface area contributed by atoms with Gasteiger partial charge in [0.05, 0.1) is 4.88 Å². The second-order valence-electron chi connectivity index (χ2n) is 1.94. The zero-order valence-electron chi connectivity index (χ0n) is 6.70. The Morgan fingerprint density at radius 3 is 3.00 bits per heavy atom. The van der Waals surface area contributed by atoms with Gasteiger partial charge in [0, 0.05) is 7.05 Å². The molecule has 0 aromatic carbocycles. The lowest BCUT2D eigenvalue weighted by Crippen LogP contribution is -1.91. The quantitative estimate of drug-likeness (QED) is 0.510. The number of hydrogen-bond acceptors (Lipinski definition) is 3. The highest BCUT2D eigenvalue weighted by Gasteiger charge is 2.01. The topological polar surface area (TPSA) is 12.4 Å². The van der Waals surface area contributed by atoms with Crippen LogP contribution < -0.4 is 0 Å². The Labute approximate surface area is 75.5 Å². The van der Waals surface area contributed by atoms with E-state index in [1.165, 1.54) is 4.88 Å². The molecular formula is C8H11NS2. The molecule has 1 aromatic rings. The van der Waals surface area contributed by atoms with Crippen LogP contribution in [0.5, 0.6) is 0 Å². The van der Waals surface area contributed by atoms with Crippen LogP contribution in [0.1, 0.15) is 11.8 Å². The zero-order valence-corrected chi connectivity index (χ0v) is 8.34. The highest BCUT2D eigenvalue weighted by molar-refractivity contribution is 8.14. The third-order valence-electron chi connectivity index (χ3n) is 1.22. The van der Waals surface area contributed by atoms with E-state index in [9.17, 15) is 0 Å². The first-order valence-corrected chi connectivity index (χ1v) is 5.38. The van der Waals surface area contributed by atoms with Gasteiger partial charge in [-0.2, -0.15) is 0 Å². The molecule has 1 nitrogen and oxygen atoms in total. The lowest BCUT2D eigenvalue weighted by Gasteiger charge is -1.97. The predicted octanol–water partition coefficient (Wildman–Crippen LogP) is 2.88. The molecule has 1 aromatic heterocycles. The molecule has 0 saturated heterocycles. The van der Waals surface area contributed by atoms with E-state index < -0.39 is 0 Å². The van der Waals surface area contributed by atoms with E-state index in [0.717, 1.165) is 10.8 Å². The van der Waals surface area contributed by atoms with Gasteiger partial charge in [0.15, 0.2) is 0 Å². The second kappa shape index (κ2) is 4.57. The first-order valence-electron chi connectivity index (χ1n) is 3.52. The first-order chi connectivity index (χ1) is 5.38. The first kappa shape index (κ1) is 8.81. The molecule has 0 unspecified atom stereocenters. The van der Waals surface area contributed by atoms with Crippen molar-refractivity contribution < 1.29 is 0 Å². The fraction of sp³-hybridized carbons (Fsp3) is 0.375. The fourth-order valence-electron chi connectivity index (χ4n) is 0.783. The molecule has 0 aliphatic rings. The Morgan fingerprint density at radius 1 is 1.73 bits per heavy atom. The van der Waals surface area contributed by atoms with E-state index >= 15 is 0 Å². The second-order valence-corrected chi connectivity index (χ2v) is 4.14. The summed E-state index contributed by atoms with van der Waals surface area (Å²) < 4.78 is 0. The van der Waals surface area contributed by atoms with Crippen LogP contribution in [0.25, 0.3) is 0 Å². The number of thiophene rings is 1. The van der Waals surface area contributed by atoms with Crippen LogP contribution in [0, 0.1) is 0 Å². The van der Waals surface area contributed by atoms with Gasteiger partial charge in [-0.3, -0.25) is 4.99 Å². The Hall–Kier alpha value is -0.280. The minimum atomic E-state index is 1.09. The van der Waals surface area contributed by atoms with Crippen molar-refractivity contribution in [2.24, 2.45) is 4.99 Å².